The van der Waals surface area contributed by atoms with Crippen LogP contribution in [0.4, 0.5) is 10.1 Å². The lowest BCUT2D eigenvalue weighted by atomic mass is 10.0. The molecule has 1 atom stereocenters. The van der Waals surface area contributed by atoms with Gasteiger partial charge >= 0.3 is 0 Å². The Balaban J connectivity index is 1.70. The fraction of sp³-hybridized carbons (Fsp3) is 0.364. The summed E-state index contributed by atoms with van der Waals surface area (Å²) < 4.78 is 13.9. The van der Waals surface area contributed by atoms with Gasteiger partial charge in [0.15, 0.2) is 0 Å². The molecule has 0 spiro atoms. The smallest absolute Gasteiger partial charge is 0.254 e. The summed E-state index contributed by atoms with van der Waals surface area (Å²) in [6.07, 6.45) is 3.05. The number of carbonyl (C=O) groups excluding carboxylic acids is 2. The molecule has 0 saturated carbocycles. The average molecular weight is 403 g/mol. The molecule has 1 saturated heterocycles. The van der Waals surface area contributed by atoms with Gasteiger partial charge < -0.3 is 10.2 Å². The second-order valence-electron chi connectivity index (χ2n) is 7.30. The maximum Gasteiger partial charge on any atom is 0.254 e. The van der Waals surface area contributed by atoms with E-state index in [2.05, 4.69) is 12.2 Å². The lowest BCUT2D eigenvalue weighted by molar-refractivity contribution is -0.115. The number of anilines is 1. The summed E-state index contributed by atoms with van der Waals surface area (Å²) in [6, 6.07) is 9.81. The van der Waals surface area contributed by atoms with E-state index >= 15 is 0 Å². The molecular weight excluding hydrogens is 379 g/mol. The van der Waals surface area contributed by atoms with Crippen LogP contribution in [0.25, 0.3) is 0 Å². The molecule has 1 fully saturated rings. The number of carbonyl (C=O) groups is 2. The van der Waals surface area contributed by atoms with Crippen LogP contribution in [0, 0.1) is 12.7 Å². The van der Waals surface area contributed by atoms with Crippen molar-refractivity contribution in [1.82, 2.24) is 4.90 Å². The molecular formula is C22H24ClFN2O2. The number of hydrogen-bond donors (Lipinski definition) is 1. The number of piperidine rings is 1. The number of nitrogens with zero attached hydrogens (tertiary/aromatic N) is 1. The SMILES string of the molecule is Cc1cc(C(=O)N2CCCCC2C)ccc1NC(=O)Cc1c(F)cccc1Cl. The highest BCUT2D eigenvalue weighted by atomic mass is 35.5. The number of nitrogens with one attached hydrogen (secondary N) is 1. The first kappa shape index (κ1) is 20.3. The van der Waals surface area contributed by atoms with Crippen molar-refractivity contribution in [1.29, 1.82) is 0 Å². The van der Waals surface area contributed by atoms with Crippen LogP contribution in [0.5, 0.6) is 0 Å². The molecule has 28 heavy (non-hydrogen) atoms. The Morgan fingerprint density at radius 1 is 1.25 bits per heavy atom. The molecule has 6 heteroatoms. The van der Waals surface area contributed by atoms with E-state index in [-0.39, 0.29) is 34.9 Å². The van der Waals surface area contributed by atoms with Crippen LogP contribution in [-0.2, 0) is 11.2 Å². The highest BCUT2D eigenvalue weighted by Crippen LogP contribution is 2.23. The predicted molar refractivity (Wildman–Crippen MR) is 109 cm³/mol. The van der Waals surface area contributed by atoms with Crippen molar-refractivity contribution >= 4 is 29.1 Å². The van der Waals surface area contributed by atoms with E-state index in [1.54, 1.807) is 24.3 Å². The first-order valence-corrected chi connectivity index (χ1v) is 9.89. The molecule has 0 radical (unpaired) electrons. The maximum absolute atomic E-state index is 13.9. The van der Waals surface area contributed by atoms with Gasteiger partial charge in [-0.05, 0) is 69.0 Å². The largest absolute Gasteiger partial charge is 0.336 e. The van der Waals surface area contributed by atoms with Gasteiger partial charge in [0.2, 0.25) is 5.91 Å². The third kappa shape index (κ3) is 4.53. The number of rotatable bonds is 4. The van der Waals surface area contributed by atoms with E-state index in [0.717, 1.165) is 31.4 Å². The van der Waals surface area contributed by atoms with E-state index in [9.17, 15) is 14.0 Å². The van der Waals surface area contributed by atoms with Gasteiger partial charge in [-0.3, -0.25) is 9.59 Å². The Hall–Kier alpha value is -2.40. The summed E-state index contributed by atoms with van der Waals surface area (Å²) in [6.45, 7) is 4.69. The van der Waals surface area contributed by atoms with Crippen molar-refractivity contribution in [2.45, 2.75) is 45.6 Å². The van der Waals surface area contributed by atoms with Gasteiger partial charge in [0, 0.05) is 34.4 Å². The number of likely N-dealkylation sites (tertiary alicyclic amines) is 1. The summed E-state index contributed by atoms with van der Waals surface area (Å²) in [5.41, 5.74) is 2.16. The number of halogens is 2. The maximum atomic E-state index is 13.9. The Labute approximate surface area is 169 Å². The van der Waals surface area contributed by atoms with E-state index in [4.69, 9.17) is 11.6 Å². The molecule has 1 aliphatic rings. The van der Waals surface area contributed by atoms with Crippen molar-refractivity contribution in [2.75, 3.05) is 11.9 Å². The molecule has 0 aliphatic carbocycles. The van der Waals surface area contributed by atoms with Gasteiger partial charge in [-0.15, -0.1) is 0 Å². The molecule has 3 rings (SSSR count). The van der Waals surface area contributed by atoms with Crippen LogP contribution < -0.4 is 5.32 Å². The fourth-order valence-corrected chi connectivity index (χ4v) is 3.79. The molecule has 2 aromatic rings. The van der Waals surface area contributed by atoms with Gasteiger partial charge in [0.05, 0.1) is 6.42 Å². The van der Waals surface area contributed by atoms with Gasteiger partial charge in [-0.2, -0.15) is 0 Å². The van der Waals surface area contributed by atoms with E-state index in [0.29, 0.717) is 11.3 Å². The first-order chi connectivity index (χ1) is 13.4. The Kier molecular flexibility index (Phi) is 6.35. The highest BCUT2D eigenvalue weighted by Gasteiger charge is 2.24. The van der Waals surface area contributed by atoms with Crippen molar-refractivity contribution in [3.05, 3.63) is 63.9 Å². The first-order valence-electron chi connectivity index (χ1n) is 9.51. The molecule has 1 unspecified atom stereocenters. The zero-order valence-electron chi connectivity index (χ0n) is 16.1. The lowest BCUT2D eigenvalue weighted by Crippen LogP contribution is -2.42. The lowest BCUT2D eigenvalue weighted by Gasteiger charge is -2.33. The Bertz CT molecular complexity index is 880. The second-order valence-corrected chi connectivity index (χ2v) is 7.71. The minimum absolute atomic E-state index is 0.0197. The quantitative estimate of drug-likeness (QED) is 0.783. The molecule has 0 bridgehead atoms. The Morgan fingerprint density at radius 2 is 2.04 bits per heavy atom. The number of hydrogen-bond acceptors (Lipinski definition) is 2. The summed E-state index contributed by atoms with van der Waals surface area (Å²) in [4.78, 5) is 27.0. The second kappa shape index (κ2) is 8.74. The van der Waals surface area contributed by atoms with Crippen molar-refractivity contribution in [2.24, 2.45) is 0 Å². The minimum atomic E-state index is -0.504. The van der Waals surface area contributed by atoms with E-state index in [1.807, 2.05) is 11.8 Å². The molecule has 0 aromatic heterocycles. The monoisotopic (exact) mass is 402 g/mol. The fourth-order valence-electron chi connectivity index (χ4n) is 3.56. The van der Waals surface area contributed by atoms with E-state index in [1.165, 1.54) is 12.1 Å². The zero-order valence-corrected chi connectivity index (χ0v) is 16.9. The van der Waals surface area contributed by atoms with Gasteiger partial charge in [0.25, 0.3) is 5.91 Å². The zero-order chi connectivity index (χ0) is 20.3. The molecule has 2 amide bonds. The van der Waals surface area contributed by atoms with E-state index < -0.39 is 5.82 Å². The van der Waals surface area contributed by atoms with Crippen LogP contribution in [0.15, 0.2) is 36.4 Å². The summed E-state index contributed by atoms with van der Waals surface area (Å²) in [5, 5.41) is 3.00. The summed E-state index contributed by atoms with van der Waals surface area (Å²) in [7, 11) is 0. The molecule has 1 heterocycles. The summed E-state index contributed by atoms with van der Waals surface area (Å²) >= 11 is 5.99. The van der Waals surface area contributed by atoms with Crippen molar-refractivity contribution in [3.8, 4) is 0 Å². The van der Waals surface area contributed by atoms with Crippen LogP contribution in [0.2, 0.25) is 5.02 Å². The van der Waals surface area contributed by atoms with Gasteiger partial charge in [-0.1, -0.05) is 17.7 Å². The predicted octanol–water partition coefficient (Wildman–Crippen LogP) is 4.98. The molecule has 1 aliphatic heterocycles. The topological polar surface area (TPSA) is 49.4 Å². The average Bonchev–Trinajstić information content (AvgIpc) is 2.66. The third-order valence-electron chi connectivity index (χ3n) is 5.21. The number of benzene rings is 2. The standard InChI is InChI=1S/C22H24ClFN2O2/c1-14-12-16(22(28)26-11-4-3-6-15(26)2)9-10-20(14)25-21(27)13-17-18(23)7-5-8-19(17)24/h5,7-10,12,15H,3-4,6,11,13H2,1-2H3,(H,25,27). The van der Waals surface area contributed by atoms with Crippen LogP contribution in [-0.4, -0.2) is 29.3 Å². The molecule has 4 nitrogen and oxygen atoms in total. The minimum Gasteiger partial charge on any atom is -0.336 e. The summed E-state index contributed by atoms with van der Waals surface area (Å²) in [5.74, 6) is -0.846. The number of amides is 2. The van der Waals surface area contributed by atoms with Crippen molar-refractivity contribution in [3.63, 3.8) is 0 Å². The molecule has 2 aromatic carbocycles. The number of aryl methyl sites for hydroxylation is 1. The molecule has 148 valence electrons. The van der Waals surface area contributed by atoms with Gasteiger partial charge in [-0.25, -0.2) is 4.39 Å². The Morgan fingerprint density at radius 3 is 2.71 bits per heavy atom. The van der Waals surface area contributed by atoms with Crippen LogP contribution in [0.3, 0.4) is 0 Å². The van der Waals surface area contributed by atoms with Crippen molar-refractivity contribution < 1.29 is 14.0 Å². The van der Waals surface area contributed by atoms with Crippen LogP contribution >= 0.6 is 11.6 Å². The van der Waals surface area contributed by atoms with Crippen LogP contribution in [0.1, 0.15) is 47.7 Å². The highest BCUT2D eigenvalue weighted by molar-refractivity contribution is 6.31. The third-order valence-corrected chi connectivity index (χ3v) is 5.56. The van der Waals surface area contributed by atoms with Gasteiger partial charge in [0.1, 0.15) is 5.82 Å². The molecule has 1 N–H and O–H groups in total. The normalized spacial score (nSPS) is 16.7.